The molecule has 0 spiro atoms. The minimum absolute atomic E-state index is 0.0574. The van der Waals surface area contributed by atoms with E-state index in [1.54, 1.807) is 20.8 Å². The molecule has 0 heterocycles. The van der Waals surface area contributed by atoms with E-state index in [0.29, 0.717) is 23.0 Å². The lowest BCUT2D eigenvalue weighted by molar-refractivity contribution is -0.165. The lowest BCUT2D eigenvalue weighted by Gasteiger charge is -2.61. The Morgan fingerprint density at radius 2 is 1.67 bits per heavy atom. The van der Waals surface area contributed by atoms with Crippen molar-refractivity contribution < 1.29 is 15.7 Å². The van der Waals surface area contributed by atoms with Crippen LogP contribution in [0.4, 0.5) is 0 Å². The third-order valence-corrected chi connectivity index (χ3v) is 10.3. The lowest BCUT2D eigenvalue weighted by atomic mass is 9.44. The zero-order valence-electron chi connectivity index (χ0n) is 20.7. The topological polar surface area (TPSA) is 69.4 Å². The molecule has 4 rings (SSSR count). The number of carbonyl (C=O) groups excluding carboxylic acids is 2. The number of Topliss-reactive ketones (excluding diaryl/α,β-unsaturated/α-hetero) is 1. The standard InChI is InChI=1S/C26H43NO3/c1-15(2)23(27)24(29)30-18-10-12-25(4)17(14-18)6-7-19-21-9-8-20(16(3)28)26(21,5)13-11-22(19)25/h15,17-23H,6-14,27H2,1-5H3/t17-,18+,19-,20+,21-,22-,23-,25-,26+/m0/s1/i15D. The molecule has 0 aromatic rings. The number of fused-ring (bicyclic) bond motifs is 5. The molecule has 0 aliphatic heterocycles. The fourth-order valence-electron chi connectivity index (χ4n) is 8.47. The molecule has 0 amide bonds. The highest BCUT2D eigenvalue weighted by Gasteiger charge is 2.60. The Hall–Kier alpha value is -0.900. The van der Waals surface area contributed by atoms with Crippen LogP contribution in [0.1, 0.15) is 93.8 Å². The minimum Gasteiger partial charge on any atom is -0.461 e. The first-order valence-corrected chi connectivity index (χ1v) is 12.3. The molecule has 0 bridgehead atoms. The van der Waals surface area contributed by atoms with E-state index in [9.17, 15) is 9.59 Å². The van der Waals surface area contributed by atoms with Crippen LogP contribution in [0.2, 0.25) is 0 Å². The smallest absolute Gasteiger partial charge is 0.323 e. The molecule has 4 fully saturated rings. The first kappa shape index (κ1) is 21.0. The number of carbonyl (C=O) groups is 2. The molecule has 0 radical (unpaired) electrons. The van der Waals surface area contributed by atoms with Gasteiger partial charge >= 0.3 is 5.97 Å². The molecule has 0 aromatic heterocycles. The van der Waals surface area contributed by atoms with Crippen molar-refractivity contribution in [2.75, 3.05) is 0 Å². The van der Waals surface area contributed by atoms with Crippen molar-refractivity contribution in [2.45, 2.75) is 105 Å². The lowest BCUT2D eigenvalue weighted by Crippen LogP contribution is -2.54. The van der Waals surface area contributed by atoms with Gasteiger partial charge in [-0.2, -0.15) is 0 Å². The van der Waals surface area contributed by atoms with Gasteiger partial charge in [-0.1, -0.05) is 27.7 Å². The summed E-state index contributed by atoms with van der Waals surface area (Å²) in [5.41, 5.74) is 6.49. The summed E-state index contributed by atoms with van der Waals surface area (Å²) in [7, 11) is 0. The quantitative estimate of drug-likeness (QED) is 0.643. The normalized spacial score (nSPS) is 47.3. The molecule has 170 valence electrons. The van der Waals surface area contributed by atoms with Crippen LogP contribution in [-0.2, 0) is 14.3 Å². The highest BCUT2D eigenvalue weighted by atomic mass is 16.5. The highest BCUT2D eigenvalue weighted by molar-refractivity contribution is 5.79. The maximum Gasteiger partial charge on any atom is 0.323 e. The Morgan fingerprint density at radius 3 is 2.33 bits per heavy atom. The number of rotatable bonds is 4. The summed E-state index contributed by atoms with van der Waals surface area (Å²) < 4.78 is 13.8. The largest absolute Gasteiger partial charge is 0.461 e. The maximum absolute atomic E-state index is 12.5. The molecule has 0 unspecified atom stereocenters. The fraction of sp³-hybridized carbons (Fsp3) is 0.923. The van der Waals surface area contributed by atoms with E-state index in [-0.39, 0.29) is 17.4 Å². The van der Waals surface area contributed by atoms with Crippen LogP contribution in [0, 0.1) is 46.3 Å². The van der Waals surface area contributed by atoms with Crippen LogP contribution in [-0.4, -0.2) is 23.9 Å². The molecule has 9 atom stereocenters. The molecule has 0 aromatic carbocycles. The molecule has 0 saturated heterocycles. The van der Waals surface area contributed by atoms with Crippen molar-refractivity contribution >= 4 is 11.8 Å². The van der Waals surface area contributed by atoms with E-state index in [2.05, 4.69) is 13.8 Å². The number of ether oxygens (including phenoxy) is 1. The Kier molecular flexibility index (Phi) is 5.52. The Labute approximate surface area is 184 Å². The molecule has 4 nitrogen and oxygen atoms in total. The van der Waals surface area contributed by atoms with E-state index in [1.807, 2.05) is 0 Å². The van der Waals surface area contributed by atoms with Crippen LogP contribution in [0.25, 0.3) is 0 Å². The molecule has 4 aliphatic carbocycles. The van der Waals surface area contributed by atoms with Gasteiger partial charge in [0.05, 0.1) is 0 Å². The van der Waals surface area contributed by atoms with Crippen molar-refractivity contribution in [1.82, 2.24) is 0 Å². The van der Waals surface area contributed by atoms with E-state index in [1.165, 1.54) is 32.1 Å². The first-order valence-electron chi connectivity index (χ1n) is 12.8. The Morgan fingerprint density at radius 1 is 1.00 bits per heavy atom. The van der Waals surface area contributed by atoms with Crippen molar-refractivity contribution in [3.63, 3.8) is 0 Å². The predicted molar refractivity (Wildman–Crippen MR) is 119 cm³/mol. The summed E-state index contributed by atoms with van der Waals surface area (Å²) in [4.78, 5) is 24.8. The summed E-state index contributed by atoms with van der Waals surface area (Å²) in [5, 5.41) is 0. The molecule has 4 aliphatic rings. The number of ketones is 1. The van der Waals surface area contributed by atoms with Crippen molar-refractivity contribution in [3.05, 3.63) is 0 Å². The summed E-state index contributed by atoms with van der Waals surface area (Å²) >= 11 is 0. The van der Waals surface area contributed by atoms with E-state index >= 15 is 0 Å². The third kappa shape index (κ3) is 3.45. The Bertz CT molecular complexity index is 733. The number of hydrogen-bond acceptors (Lipinski definition) is 4. The number of nitrogens with two attached hydrogens (primary N) is 1. The maximum atomic E-state index is 12.5. The molecular weight excluding hydrogens is 374 g/mol. The monoisotopic (exact) mass is 418 g/mol. The minimum atomic E-state index is -1.02. The third-order valence-electron chi connectivity index (χ3n) is 10.3. The average Bonchev–Trinajstić information content (AvgIpc) is 3.04. The van der Waals surface area contributed by atoms with Gasteiger partial charge in [0.2, 0.25) is 0 Å². The zero-order valence-corrected chi connectivity index (χ0v) is 19.7. The van der Waals surface area contributed by atoms with Gasteiger partial charge in [0, 0.05) is 7.29 Å². The van der Waals surface area contributed by atoms with Crippen molar-refractivity contribution in [1.29, 1.82) is 0 Å². The van der Waals surface area contributed by atoms with Gasteiger partial charge < -0.3 is 10.5 Å². The van der Waals surface area contributed by atoms with Crippen molar-refractivity contribution in [2.24, 2.45) is 52.0 Å². The molecule has 30 heavy (non-hydrogen) atoms. The van der Waals surface area contributed by atoms with Crippen LogP contribution >= 0.6 is 0 Å². The summed E-state index contributed by atoms with van der Waals surface area (Å²) in [5.74, 6) is 2.01. The van der Waals surface area contributed by atoms with Gasteiger partial charge in [0.25, 0.3) is 0 Å². The molecule has 4 heteroatoms. The zero-order chi connectivity index (χ0) is 22.8. The van der Waals surface area contributed by atoms with Gasteiger partial charge in [0.1, 0.15) is 17.9 Å². The molecule has 4 saturated carbocycles. The predicted octanol–water partition coefficient (Wildman–Crippen LogP) is 5.13. The fourth-order valence-corrected chi connectivity index (χ4v) is 8.47. The Balaban J connectivity index is 1.44. The van der Waals surface area contributed by atoms with Crippen LogP contribution in [0.3, 0.4) is 0 Å². The van der Waals surface area contributed by atoms with E-state index in [4.69, 9.17) is 11.8 Å². The van der Waals surface area contributed by atoms with Crippen LogP contribution in [0.15, 0.2) is 0 Å². The summed E-state index contributed by atoms with van der Waals surface area (Å²) in [6.45, 7) is 10.0. The second-order valence-electron chi connectivity index (χ2n) is 11.8. The summed E-state index contributed by atoms with van der Waals surface area (Å²) in [6.07, 6.45) is 10.1. The van der Waals surface area contributed by atoms with Crippen molar-refractivity contribution in [3.8, 4) is 0 Å². The van der Waals surface area contributed by atoms with Gasteiger partial charge in [-0.3, -0.25) is 9.59 Å². The second-order valence-corrected chi connectivity index (χ2v) is 11.8. The van der Waals surface area contributed by atoms with Gasteiger partial charge in [-0.05, 0) is 105 Å². The highest BCUT2D eigenvalue weighted by Crippen LogP contribution is 2.67. The average molecular weight is 419 g/mol. The second kappa shape index (κ2) is 7.90. The molecular formula is C26H43NO3. The van der Waals surface area contributed by atoms with Gasteiger partial charge in [-0.25, -0.2) is 0 Å². The van der Waals surface area contributed by atoms with E-state index < -0.39 is 17.9 Å². The number of esters is 1. The summed E-state index contributed by atoms with van der Waals surface area (Å²) in [6, 6.07) is -0.899. The van der Waals surface area contributed by atoms with E-state index in [0.717, 1.165) is 37.5 Å². The van der Waals surface area contributed by atoms with Gasteiger partial charge in [0.15, 0.2) is 0 Å². The van der Waals surface area contributed by atoms with Crippen LogP contribution < -0.4 is 5.73 Å². The van der Waals surface area contributed by atoms with Gasteiger partial charge in [-0.15, -0.1) is 0 Å². The SMILES string of the molecule is [2H]C(C)(C)[C@H](N)C(=O)O[C@@H]1CC[C@@]2(C)[C@@H](CC[C@@H]3[C@@H]2CC[C@]2(C)[C@@H](C(C)=O)CC[C@@H]32)C1. The molecule has 2 N–H and O–H groups in total. The first-order chi connectivity index (χ1) is 14.4. The van der Waals surface area contributed by atoms with Crippen LogP contribution in [0.5, 0.6) is 0 Å². The number of hydrogen-bond donors (Lipinski definition) is 1.